The van der Waals surface area contributed by atoms with Crippen LogP contribution in [-0.4, -0.2) is 48.9 Å². The summed E-state index contributed by atoms with van der Waals surface area (Å²) in [6.45, 7) is 1.66. The highest BCUT2D eigenvalue weighted by Gasteiger charge is 2.50. The Hall–Kier alpha value is -2.66. The van der Waals surface area contributed by atoms with Gasteiger partial charge in [-0.05, 0) is 56.7 Å². The molecule has 0 spiro atoms. The Balaban J connectivity index is 1.26. The van der Waals surface area contributed by atoms with Crippen molar-refractivity contribution in [3.63, 3.8) is 0 Å². The zero-order valence-electron chi connectivity index (χ0n) is 17.5. The van der Waals surface area contributed by atoms with E-state index in [-0.39, 0.29) is 6.04 Å². The predicted molar refractivity (Wildman–Crippen MR) is 117 cm³/mol. The van der Waals surface area contributed by atoms with Crippen molar-refractivity contribution in [2.45, 2.75) is 37.8 Å². The van der Waals surface area contributed by atoms with Crippen LogP contribution in [0.25, 0.3) is 0 Å². The van der Waals surface area contributed by atoms with E-state index in [1.807, 2.05) is 36.4 Å². The summed E-state index contributed by atoms with van der Waals surface area (Å²) in [7, 11) is 2.18. The fourth-order valence-electron chi connectivity index (χ4n) is 5.27. The average molecular weight is 407 g/mol. The number of nitrogens with one attached hydrogen (secondary N) is 1. The van der Waals surface area contributed by atoms with Crippen LogP contribution in [0.15, 0.2) is 60.7 Å². The van der Waals surface area contributed by atoms with Gasteiger partial charge in [0.15, 0.2) is 0 Å². The zero-order valence-corrected chi connectivity index (χ0v) is 17.5. The van der Waals surface area contributed by atoms with Gasteiger partial charge in [-0.1, -0.05) is 48.5 Å². The van der Waals surface area contributed by atoms with Crippen molar-refractivity contribution in [3.8, 4) is 5.75 Å². The molecule has 2 aliphatic rings. The van der Waals surface area contributed by atoms with Crippen LogP contribution >= 0.6 is 0 Å². The highest BCUT2D eigenvalue weighted by molar-refractivity contribution is 6.42. The molecule has 0 heterocycles. The highest BCUT2D eigenvalue weighted by atomic mass is 16.5. The monoisotopic (exact) mass is 406 g/mol. The molecular formula is C25H30N2O3. The van der Waals surface area contributed by atoms with E-state index in [0.717, 1.165) is 31.6 Å². The minimum absolute atomic E-state index is 0.0944. The van der Waals surface area contributed by atoms with Gasteiger partial charge in [0.25, 0.3) is 5.91 Å². The van der Waals surface area contributed by atoms with Crippen LogP contribution in [0.4, 0.5) is 0 Å². The molecule has 30 heavy (non-hydrogen) atoms. The number of ketones is 1. The van der Waals surface area contributed by atoms with Gasteiger partial charge < -0.3 is 15.0 Å². The van der Waals surface area contributed by atoms with Crippen LogP contribution in [0.3, 0.4) is 0 Å². The molecule has 0 aliphatic heterocycles. The SMILES string of the molecule is CN(CCCOc1ccccc1)[C@H]1C2CC[C@@H]1C(NC(=O)C(=O)c1ccccc1)C2. The van der Waals surface area contributed by atoms with E-state index in [0.29, 0.717) is 30.0 Å². The van der Waals surface area contributed by atoms with E-state index in [4.69, 9.17) is 4.74 Å². The van der Waals surface area contributed by atoms with Gasteiger partial charge in [-0.15, -0.1) is 0 Å². The van der Waals surface area contributed by atoms with Gasteiger partial charge in [-0.25, -0.2) is 0 Å². The lowest BCUT2D eigenvalue weighted by atomic mass is 9.95. The summed E-state index contributed by atoms with van der Waals surface area (Å²) in [5, 5.41) is 3.04. The Morgan fingerprint density at radius 3 is 2.47 bits per heavy atom. The van der Waals surface area contributed by atoms with Gasteiger partial charge in [-0.2, -0.15) is 0 Å². The maximum absolute atomic E-state index is 12.5. The number of para-hydroxylation sites is 1. The lowest BCUT2D eigenvalue weighted by Gasteiger charge is -2.29. The molecule has 2 aliphatic carbocycles. The van der Waals surface area contributed by atoms with Gasteiger partial charge in [0.2, 0.25) is 5.78 Å². The molecule has 2 unspecified atom stereocenters. The van der Waals surface area contributed by atoms with Crippen LogP contribution in [0.2, 0.25) is 0 Å². The minimum atomic E-state index is -0.476. The Morgan fingerprint density at radius 1 is 1.03 bits per heavy atom. The second-order valence-corrected chi connectivity index (χ2v) is 8.50. The second kappa shape index (κ2) is 9.43. The summed E-state index contributed by atoms with van der Waals surface area (Å²) in [5.74, 6) is 0.999. The van der Waals surface area contributed by atoms with Crippen molar-refractivity contribution in [3.05, 3.63) is 66.2 Å². The molecule has 2 aromatic carbocycles. The quantitative estimate of drug-likeness (QED) is 0.393. The summed E-state index contributed by atoms with van der Waals surface area (Å²) in [5.41, 5.74) is 0.449. The molecular weight excluding hydrogens is 376 g/mol. The van der Waals surface area contributed by atoms with Gasteiger partial charge >= 0.3 is 0 Å². The number of rotatable bonds is 9. The standard InChI is InChI=1S/C25H30N2O3/c1-27(15-8-16-30-20-11-6-3-7-12-20)23-19-13-14-21(23)22(17-19)26-25(29)24(28)18-9-4-2-5-10-18/h2-7,9-12,19,21-23H,8,13-17H2,1H3,(H,26,29)/t19?,21-,22?,23+/m1/s1. The maximum atomic E-state index is 12.5. The number of benzene rings is 2. The third-order valence-electron chi connectivity index (χ3n) is 6.60. The topological polar surface area (TPSA) is 58.6 Å². The van der Waals surface area contributed by atoms with E-state index in [9.17, 15) is 9.59 Å². The summed E-state index contributed by atoms with van der Waals surface area (Å²) < 4.78 is 5.81. The number of carbonyl (C=O) groups is 2. The van der Waals surface area contributed by atoms with E-state index >= 15 is 0 Å². The van der Waals surface area contributed by atoms with Crippen LogP contribution < -0.4 is 10.1 Å². The van der Waals surface area contributed by atoms with Crippen molar-refractivity contribution in [2.24, 2.45) is 11.8 Å². The molecule has 2 bridgehead atoms. The van der Waals surface area contributed by atoms with E-state index < -0.39 is 11.7 Å². The molecule has 5 nitrogen and oxygen atoms in total. The molecule has 0 radical (unpaired) electrons. The first kappa shape index (κ1) is 20.6. The number of hydrogen-bond donors (Lipinski definition) is 1. The first-order valence-corrected chi connectivity index (χ1v) is 10.9. The largest absolute Gasteiger partial charge is 0.494 e. The Bertz CT molecular complexity index is 855. The van der Waals surface area contributed by atoms with Gasteiger partial charge in [0.1, 0.15) is 5.75 Å². The summed E-state index contributed by atoms with van der Waals surface area (Å²) >= 11 is 0. The molecule has 5 heteroatoms. The van der Waals surface area contributed by atoms with Crippen LogP contribution in [0, 0.1) is 11.8 Å². The number of Topliss-reactive ketones (excluding diaryl/α,β-unsaturated/α-hetero) is 1. The number of ether oxygens (including phenoxy) is 1. The normalized spacial score (nSPS) is 24.7. The van der Waals surface area contributed by atoms with Crippen LogP contribution in [-0.2, 0) is 4.79 Å². The fraction of sp³-hybridized carbons (Fsp3) is 0.440. The van der Waals surface area contributed by atoms with Crippen LogP contribution in [0.1, 0.15) is 36.0 Å². The molecule has 2 aromatic rings. The Morgan fingerprint density at radius 2 is 1.73 bits per heavy atom. The third-order valence-corrected chi connectivity index (χ3v) is 6.60. The lowest BCUT2D eigenvalue weighted by Crippen LogP contribution is -2.45. The summed E-state index contributed by atoms with van der Waals surface area (Å²) in [6.07, 6.45) is 4.25. The zero-order chi connectivity index (χ0) is 20.9. The number of nitrogens with zero attached hydrogens (tertiary/aromatic N) is 1. The molecule has 1 amide bonds. The Labute approximate surface area is 178 Å². The molecule has 1 N–H and O–H groups in total. The molecule has 158 valence electrons. The van der Waals surface area contributed by atoms with Crippen LogP contribution in [0.5, 0.6) is 5.75 Å². The third kappa shape index (κ3) is 4.57. The molecule has 4 rings (SSSR count). The molecule has 0 aromatic heterocycles. The first-order valence-electron chi connectivity index (χ1n) is 10.9. The number of carbonyl (C=O) groups excluding carboxylic acids is 2. The minimum Gasteiger partial charge on any atom is -0.494 e. The highest BCUT2D eigenvalue weighted by Crippen LogP contribution is 2.47. The maximum Gasteiger partial charge on any atom is 0.292 e. The van der Waals surface area contributed by atoms with Gasteiger partial charge in [-0.3, -0.25) is 9.59 Å². The van der Waals surface area contributed by atoms with Crippen molar-refractivity contribution in [2.75, 3.05) is 20.2 Å². The smallest absolute Gasteiger partial charge is 0.292 e. The number of fused-ring (bicyclic) bond motifs is 2. The van der Waals surface area contributed by atoms with Gasteiger partial charge in [0.05, 0.1) is 6.61 Å². The summed E-state index contributed by atoms with van der Waals surface area (Å²) in [4.78, 5) is 27.3. The predicted octanol–water partition coefficient (Wildman–Crippen LogP) is 3.55. The number of hydrogen-bond acceptors (Lipinski definition) is 4. The average Bonchev–Trinajstić information content (AvgIpc) is 3.35. The lowest BCUT2D eigenvalue weighted by molar-refractivity contribution is -0.118. The summed E-state index contributed by atoms with van der Waals surface area (Å²) in [6, 6.07) is 19.3. The van der Waals surface area contributed by atoms with Gasteiger partial charge in [0, 0.05) is 24.2 Å². The van der Waals surface area contributed by atoms with E-state index in [2.05, 4.69) is 17.3 Å². The van der Waals surface area contributed by atoms with E-state index in [1.54, 1.807) is 24.3 Å². The molecule has 0 saturated heterocycles. The van der Waals surface area contributed by atoms with Crippen molar-refractivity contribution >= 4 is 11.7 Å². The molecule has 2 saturated carbocycles. The van der Waals surface area contributed by atoms with Crippen molar-refractivity contribution in [1.82, 2.24) is 10.2 Å². The first-order chi connectivity index (χ1) is 14.6. The molecule has 4 atom stereocenters. The van der Waals surface area contributed by atoms with Crippen molar-refractivity contribution in [1.29, 1.82) is 0 Å². The van der Waals surface area contributed by atoms with Crippen molar-refractivity contribution < 1.29 is 14.3 Å². The fourth-order valence-corrected chi connectivity index (χ4v) is 5.27. The number of amides is 1. The molecule has 2 fully saturated rings. The van der Waals surface area contributed by atoms with E-state index in [1.165, 1.54) is 6.42 Å². The second-order valence-electron chi connectivity index (χ2n) is 8.50. The Kier molecular flexibility index (Phi) is 6.48.